The minimum Gasteiger partial charge on any atom is -0.508 e. The summed E-state index contributed by atoms with van der Waals surface area (Å²) in [7, 11) is 0. The standard InChI is InChI=1S/C20H29N5O9/c21-12(7-10-1-3-11(28)4-2-10)17(30)23-13(5-6-16(22)29)18(31)24-14(8-26)19(32)25-15(9-27)20(33)34/h1-4,12-15,26-28H,5-9,21H2,(H2,22,29)(H,23,30)(H,24,31)(H,25,32)(H,33,34). The fraction of sp³-hybridized carbons (Fsp3) is 0.450. The summed E-state index contributed by atoms with van der Waals surface area (Å²) in [6.45, 7) is -1.85. The number of hydrogen-bond donors (Lipinski definition) is 9. The predicted octanol–water partition coefficient (Wildman–Crippen LogP) is -3.95. The third-order valence-corrected chi connectivity index (χ3v) is 4.65. The van der Waals surface area contributed by atoms with E-state index >= 15 is 0 Å². The van der Waals surface area contributed by atoms with E-state index in [1.165, 1.54) is 12.1 Å². The predicted molar refractivity (Wildman–Crippen MR) is 116 cm³/mol. The largest absolute Gasteiger partial charge is 0.508 e. The van der Waals surface area contributed by atoms with Gasteiger partial charge in [0, 0.05) is 6.42 Å². The molecule has 0 radical (unpaired) electrons. The Hall–Kier alpha value is -3.75. The van der Waals surface area contributed by atoms with Gasteiger partial charge in [-0.1, -0.05) is 12.1 Å². The van der Waals surface area contributed by atoms with Crippen LogP contribution < -0.4 is 27.4 Å². The zero-order chi connectivity index (χ0) is 25.8. The van der Waals surface area contributed by atoms with E-state index in [0.29, 0.717) is 5.56 Å². The van der Waals surface area contributed by atoms with E-state index in [9.17, 15) is 34.2 Å². The van der Waals surface area contributed by atoms with Crippen molar-refractivity contribution in [3.8, 4) is 5.75 Å². The van der Waals surface area contributed by atoms with Crippen LogP contribution in [0, 0.1) is 0 Å². The molecule has 14 nitrogen and oxygen atoms in total. The fourth-order valence-corrected chi connectivity index (χ4v) is 2.74. The summed E-state index contributed by atoms with van der Waals surface area (Å²) in [6, 6.07) is 0.194. The zero-order valence-electron chi connectivity index (χ0n) is 18.1. The highest BCUT2D eigenvalue weighted by atomic mass is 16.4. The monoisotopic (exact) mass is 483 g/mol. The lowest BCUT2D eigenvalue weighted by Crippen LogP contribution is -2.58. The van der Waals surface area contributed by atoms with Gasteiger partial charge in [-0.15, -0.1) is 0 Å². The Labute approximate surface area is 194 Å². The van der Waals surface area contributed by atoms with E-state index < -0.39 is 67.0 Å². The van der Waals surface area contributed by atoms with Crippen LogP contribution in [0.25, 0.3) is 0 Å². The van der Waals surface area contributed by atoms with Crippen molar-refractivity contribution < 1.29 is 44.4 Å². The number of carbonyl (C=O) groups excluding carboxylic acids is 4. The summed E-state index contributed by atoms with van der Waals surface area (Å²) in [5.41, 5.74) is 11.6. The summed E-state index contributed by atoms with van der Waals surface area (Å²) in [6.07, 6.45) is -0.476. The van der Waals surface area contributed by atoms with Crippen molar-refractivity contribution in [2.24, 2.45) is 11.5 Å². The maximum Gasteiger partial charge on any atom is 0.328 e. The Balaban J connectivity index is 2.86. The maximum atomic E-state index is 12.7. The van der Waals surface area contributed by atoms with Gasteiger partial charge in [-0.05, 0) is 30.5 Å². The number of aliphatic hydroxyl groups is 2. The Morgan fingerprint density at radius 3 is 1.82 bits per heavy atom. The molecule has 0 saturated carbocycles. The molecule has 0 bridgehead atoms. The summed E-state index contributed by atoms with van der Waals surface area (Å²) in [4.78, 5) is 59.5. The molecule has 4 unspecified atom stereocenters. The molecule has 11 N–H and O–H groups in total. The highest BCUT2D eigenvalue weighted by Crippen LogP contribution is 2.11. The molecule has 0 aliphatic heterocycles. The lowest BCUT2D eigenvalue weighted by atomic mass is 10.0. The number of hydrogen-bond acceptors (Lipinski definition) is 9. The van der Waals surface area contributed by atoms with E-state index in [2.05, 4.69) is 10.6 Å². The summed E-state index contributed by atoms with van der Waals surface area (Å²) in [5, 5.41) is 43.1. The summed E-state index contributed by atoms with van der Waals surface area (Å²) in [5.74, 6) is -5.08. The molecule has 0 saturated heterocycles. The van der Waals surface area contributed by atoms with E-state index in [1.807, 2.05) is 5.32 Å². The van der Waals surface area contributed by atoms with Gasteiger partial charge in [0.15, 0.2) is 0 Å². The minimum absolute atomic E-state index is 0.0288. The molecule has 0 aliphatic rings. The SMILES string of the molecule is NC(=O)CCC(NC(=O)C(N)Cc1ccc(O)cc1)C(=O)NC(CO)C(=O)NC(CO)C(=O)O. The molecule has 4 atom stereocenters. The van der Waals surface area contributed by atoms with Crippen LogP contribution in [0.5, 0.6) is 5.75 Å². The van der Waals surface area contributed by atoms with Crippen LogP contribution >= 0.6 is 0 Å². The molecule has 34 heavy (non-hydrogen) atoms. The van der Waals surface area contributed by atoms with Crippen molar-refractivity contribution in [3.63, 3.8) is 0 Å². The van der Waals surface area contributed by atoms with E-state index in [4.69, 9.17) is 21.7 Å². The highest BCUT2D eigenvalue weighted by molar-refractivity contribution is 5.94. The topological polar surface area (TPSA) is 254 Å². The number of aromatic hydroxyl groups is 1. The van der Waals surface area contributed by atoms with Crippen LogP contribution in [0.2, 0.25) is 0 Å². The van der Waals surface area contributed by atoms with Crippen molar-refractivity contribution in [3.05, 3.63) is 29.8 Å². The molecule has 0 aliphatic carbocycles. The average Bonchev–Trinajstić information content (AvgIpc) is 2.78. The molecular weight excluding hydrogens is 454 g/mol. The number of nitrogens with two attached hydrogens (primary N) is 2. The van der Waals surface area contributed by atoms with Crippen molar-refractivity contribution in [2.75, 3.05) is 13.2 Å². The number of phenolic OH excluding ortho intramolecular Hbond substituents is 1. The lowest BCUT2D eigenvalue weighted by Gasteiger charge is -2.24. The number of nitrogens with one attached hydrogen (secondary N) is 3. The zero-order valence-corrected chi connectivity index (χ0v) is 18.1. The number of phenols is 1. The van der Waals surface area contributed by atoms with Gasteiger partial charge >= 0.3 is 5.97 Å². The third-order valence-electron chi connectivity index (χ3n) is 4.65. The Morgan fingerprint density at radius 1 is 0.824 bits per heavy atom. The first-order valence-corrected chi connectivity index (χ1v) is 10.2. The van der Waals surface area contributed by atoms with E-state index in [1.54, 1.807) is 12.1 Å². The molecule has 4 amide bonds. The molecule has 0 fully saturated rings. The second-order valence-corrected chi connectivity index (χ2v) is 7.37. The Bertz CT molecular complexity index is 878. The van der Waals surface area contributed by atoms with Crippen LogP contribution in [-0.2, 0) is 30.4 Å². The van der Waals surface area contributed by atoms with Crippen LogP contribution in [-0.4, -0.2) is 87.4 Å². The van der Waals surface area contributed by atoms with Gasteiger partial charge in [0.1, 0.15) is 23.9 Å². The molecule has 1 rings (SSSR count). The van der Waals surface area contributed by atoms with Crippen LogP contribution in [0.15, 0.2) is 24.3 Å². The molecule has 1 aromatic rings. The Kier molecular flexibility index (Phi) is 11.4. The average molecular weight is 483 g/mol. The highest BCUT2D eigenvalue weighted by Gasteiger charge is 2.30. The minimum atomic E-state index is -1.67. The smallest absolute Gasteiger partial charge is 0.328 e. The normalized spacial score (nSPS) is 14.2. The first kappa shape index (κ1) is 28.3. The molecule has 1 aromatic carbocycles. The fourth-order valence-electron chi connectivity index (χ4n) is 2.74. The number of rotatable bonds is 14. The van der Waals surface area contributed by atoms with Gasteiger partial charge in [0.2, 0.25) is 23.6 Å². The Morgan fingerprint density at radius 2 is 1.32 bits per heavy atom. The number of primary amides is 1. The summed E-state index contributed by atoms with van der Waals surface area (Å²) < 4.78 is 0. The first-order chi connectivity index (χ1) is 16.0. The number of aliphatic carboxylic acids is 1. The van der Waals surface area contributed by atoms with E-state index in [-0.39, 0.29) is 25.0 Å². The molecular formula is C20H29N5O9. The number of carboxylic acids is 1. The second kappa shape index (κ2) is 13.7. The van der Waals surface area contributed by atoms with Crippen molar-refractivity contribution >= 4 is 29.6 Å². The third kappa shape index (κ3) is 9.40. The number of benzene rings is 1. The number of aliphatic hydroxyl groups excluding tert-OH is 2. The van der Waals surface area contributed by atoms with Crippen molar-refractivity contribution in [1.29, 1.82) is 0 Å². The second-order valence-electron chi connectivity index (χ2n) is 7.37. The number of carbonyl (C=O) groups is 5. The van der Waals surface area contributed by atoms with Crippen molar-refractivity contribution in [1.82, 2.24) is 16.0 Å². The molecule has 14 heteroatoms. The van der Waals surface area contributed by atoms with E-state index in [0.717, 1.165) is 0 Å². The van der Waals surface area contributed by atoms with Crippen LogP contribution in [0.4, 0.5) is 0 Å². The summed E-state index contributed by atoms with van der Waals surface area (Å²) >= 11 is 0. The van der Waals surface area contributed by atoms with Gasteiger partial charge in [-0.3, -0.25) is 19.2 Å². The van der Waals surface area contributed by atoms with Crippen LogP contribution in [0.1, 0.15) is 18.4 Å². The van der Waals surface area contributed by atoms with Crippen molar-refractivity contribution in [2.45, 2.75) is 43.4 Å². The van der Waals surface area contributed by atoms with Gasteiger partial charge < -0.3 is 47.8 Å². The van der Waals surface area contributed by atoms with Gasteiger partial charge in [-0.25, -0.2) is 4.79 Å². The number of carboxylic acid groups (broad SMARTS) is 1. The quantitative estimate of drug-likeness (QED) is 0.124. The molecule has 0 heterocycles. The van der Waals surface area contributed by atoms with Gasteiger partial charge in [0.25, 0.3) is 0 Å². The van der Waals surface area contributed by atoms with Gasteiger partial charge in [0.05, 0.1) is 19.3 Å². The lowest BCUT2D eigenvalue weighted by molar-refractivity contribution is -0.143. The van der Waals surface area contributed by atoms with Gasteiger partial charge in [-0.2, -0.15) is 0 Å². The van der Waals surface area contributed by atoms with Crippen LogP contribution in [0.3, 0.4) is 0 Å². The number of amides is 4. The first-order valence-electron chi connectivity index (χ1n) is 10.2. The molecule has 0 aromatic heterocycles. The molecule has 188 valence electrons. The molecule has 0 spiro atoms. The maximum absolute atomic E-state index is 12.7.